The summed E-state index contributed by atoms with van der Waals surface area (Å²) in [6, 6.07) is 11.3. The van der Waals surface area contributed by atoms with Gasteiger partial charge in [-0.15, -0.1) is 0 Å². The van der Waals surface area contributed by atoms with Gasteiger partial charge in [0.15, 0.2) is 0 Å². The van der Waals surface area contributed by atoms with Crippen LogP contribution in [0.25, 0.3) is 0 Å². The molecule has 0 fully saturated rings. The van der Waals surface area contributed by atoms with Crippen molar-refractivity contribution < 1.29 is 14.3 Å². The molecule has 2 N–H and O–H groups in total. The van der Waals surface area contributed by atoms with Crippen LogP contribution in [0.1, 0.15) is 22.8 Å². The maximum atomic E-state index is 12.0. The van der Waals surface area contributed by atoms with E-state index in [1.54, 1.807) is 43.3 Å². The first-order valence-corrected chi connectivity index (χ1v) is 7.48. The maximum Gasteiger partial charge on any atom is 0.338 e. The molecule has 2 rings (SSSR count). The Balaban J connectivity index is 2.00. The Hall–Kier alpha value is -2.53. The number of carbonyl (C=O) groups excluding carboxylic acids is 2. The van der Waals surface area contributed by atoms with E-state index in [0.29, 0.717) is 28.6 Å². The summed E-state index contributed by atoms with van der Waals surface area (Å²) in [4.78, 5) is 23.6. The number of anilines is 2. The molecule has 0 spiro atoms. The van der Waals surface area contributed by atoms with Gasteiger partial charge in [0.05, 0.1) is 12.2 Å². The standard InChI is InChI=1S/C17H17ClN2O3/c1-3-23-16(21)12-5-8-14(9-6-12)19-17(22)20-15-10-13(18)7-4-11(15)2/h4-10H,3H2,1-2H3,(H2,19,20,22). The lowest BCUT2D eigenvalue weighted by atomic mass is 10.2. The van der Waals surface area contributed by atoms with Crippen molar-refractivity contribution in [1.29, 1.82) is 0 Å². The Morgan fingerprint density at radius 2 is 1.78 bits per heavy atom. The summed E-state index contributed by atoms with van der Waals surface area (Å²) in [5.74, 6) is -0.391. The molecule has 6 heteroatoms. The SMILES string of the molecule is CCOC(=O)c1ccc(NC(=O)Nc2cc(Cl)ccc2C)cc1. The maximum absolute atomic E-state index is 12.0. The van der Waals surface area contributed by atoms with E-state index in [0.717, 1.165) is 5.56 Å². The van der Waals surface area contributed by atoms with Crippen LogP contribution < -0.4 is 10.6 Å². The van der Waals surface area contributed by atoms with Gasteiger partial charge in [-0.25, -0.2) is 9.59 Å². The van der Waals surface area contributed by atoms with E-state index < -0.39 is 5.97 Å². The van der Waals surface area contributed by atoms with Gasteiger partial charge in [0.2, 0.25) is 0 Å². The van der Waals surface area contributed by atoms with E-state index in [-0.39, 0.29) is 6.03 Å². The molecule has 2 amide bonds. The lowest BCUT2D eigenvalue weighted by molar-refractivity contribution is 0.0526. The number of hydrogen-bond acceptors (Lipinski definition) is 3. The fourth-order valence-corrected chi connectivity index (χ4v) is 2.09. The van der Waals surface area contributed by atoms with E-state index in [2.05, 4.69) is 10.6 Å². The molecule has 0 atom stereocenters. The molecule has 23 heavy (non-hydrogen) atoms. The minimum atomic E-state index is -0.391. The molecule has 0 aliphatic heterocycles. The molecule has 0 bridgehead atoms. The minimum absolute atomic E-state index is 0.320. The van der Waals surface area contributed by atoms with Crippen LogP contribution in [0, 0.1) is 6.92 Å². The first-order chi connectivity index (χ1) is 11.0. The number of hydrogen-bond donors (Lipinski definition) is 2. The fraction of sp³-hybridized carbons (Fsp3) is 0.176. The monoisotopic (exact) mass is 332 g/mol. The van der Waals surface area contributed by atoms with Crippen molar-refractivity contribution in [2.45, 2.75) is 13.8 Å². The van der Waals surface area contributed by atoms with Gasteiger partial charge in [0.1, 0.15) is 0 Å². The zero-order valence-corrected chi connectivity index (χ0v) is 13.6. The van der Waals surface area contributed by atoms with Gasteiger partial charge in [0.25, 0.3) is 0 Å². The zero-order valence-electron chi connectivity index (χ0n) is 12.9. The van der Waals surface area contributed by atoms with Gasteiger partial charge < -0.3 is 15.4 Å². The summed E-state index contributed by atoms with van der Waals surface area (Å²) >= 11 is 5.92. The molecule has 0 aromatic heterocycles. The van der Waals surface area contributed by atoms with Crippen LogP contribution in [-0.4, -0.2) is 18.6 Å². The second-order valence-corrected chi connectivity index (χ2v) is 5.27. The molecular weight excluding hydrogens is 316 g/mol. The van der Waals surface area contributed by atoms with Crippen LogP contribution >= 0.6 is 11.6 Å². The Kier molecular flexibility index (Phi) is 5.60. The number of halogens is 1. The van der Waals surface area contributed by atoms with Gasteiger partial charge in [0, 0.05) is 16.4 Å². The summed E-state index contributed by atoms with van der Waals surface area (Å²) in [6.07, 6.45) is 0. The number of esters is 1. The van der Waals surface area contributed by atoms with E-state index in [1.807, 2.05) is 13.0 Å². The smallest absolute Gasteiger partial charge is 0.338 e. The molecule has 0 aliphatic carbocycles. The third kappa shape index (κ3) is 4.72. The van der Waals surface area contributed by atoms with Crippen LogP contribution in [-0.2, 0) is 4.74 Å². The second-order valence-electron chi connectivity index (χ2n) is 4.84. The van der Waals surface area contributed by atoms with E-state index in [1.165, 1.54) is 0 Å². The Bertz CT molecular complexity index is 714. The van der Waals surface area contributed by atoms with E-state index in [4.69, 9.17) is 16.3 Å². The van der Waals surface area contributed by atoms with Gasteiger partial charge in [-0.2, -0.15) is 0 Å². The highest BCUT2D eigenvalue weighted by atomic mass is 35.5. The zero-order chi connectivity index (χ0) is 16.8. The largest absolute Gasteiger partial charge is 0.462 e. The van der Waals surface area contributed by atoms with Gasteiger partial charge in [-0.3, -0.25) is 0 Å². The minimum Gasteiger partial charge on any atom is -0.462 e. The molecule has 0 unspecified atom stereocenters. The molecule has 5 nitrogen and oxygen atoms in total. The van der Waals surface area contributed by atoms with E-state index in [9.17, 15) is 9.59 Å². The van der Waals surface area contributed by atoms with Crippen molar-refractivity contribution in [3.63, 3.8) is 0 Å². The summed E-state index contributed by atoms with van der Waals surface area (Å²) in [5.41, 5.74) is 2.54. The van der Waals surface area contributed by atoms with Crippen LogP contribution in [0.3, 0.4) is 0 Å². The first kappa shape index (κ1) is 16.8. The number of nitrogens with one attached hydrogen (secondary N) is 2. The van der Waals surface area contributed by atoms with E-state index >= 15 is 0 Å². The molecule has 0 heterocycles. The molecule has 0 saturated carbocycles. The highest BCUT2D eigenvalue weighted by Gasteiger charge is 2.08. The quantitative estimate of drug-likeness (QED) is 0.812. The van der Waals surface area contributed by atoms with Crippen molar-refractivity contribution in [3.8, 4) is 0 Å². The number of rotatable bonds is 4. The van der Waals surface area contributed by atoms with Crippen molar-refractivity contribution in [2.75, 3.05) is 17.2 Å². The summed E-state index contributed by atoms with van der Waals surface area (Å²) in [6.45, 7) is 3.94. The lowest BCUT2D eigenvalue weighted by Gasteiger charge is -2.10. The van der Waals surface area contributed by atoms with Crippen LogP contribution in [0.2, 0.25) is 5.02 Å². The van der Waals surface area contributed by atoms with Crippen molar-refractivity contribution in [1.82, 2.24) is 0 Å². The molecule has 2 aromatic rings. The predicted molar refractivity (Wildman–Crippen MR) is 91.2 cm³/mol. The fourth-order valence-electron chi connectivity index (χ4n) is 1.92. The molecule has 0 saturated heterocycles. The molecular formula is C17H17ClN2O3. The molecule has 120 valence electrons. The average Bonchev–Trinajstić information content (AvgIpc) is 2.52. The molecule has 0 aliphatic rings. The number of urea groups is 1. The first-order valence-electron chi connectivity index (χ1n) is 7.11. The Labute approximate surface area is 139 Å². The van der Waals surface area contributed by atoms with Crippen LogP contribution in [0.5, 0.6) is 0 Å². The summed E-state index contributed by atoms with van der Waals surface area (Å²) < 4.78 is 4.90. The predicted octanol–water partition coefficient (Wildman–Crippen LogP) is 4.47. The third-order valence-corrected chi connectivity index (χ3v) is 3.34. The lowest BCUT2D eigenvalue weighted by Crippen LogP contribution is -2.20. The highest BCUT2D eigenvalue weighted by molar-refractivity contribution is 6.31. The molecule has 2 aromatic carbocycles. The average molecular weight is 333 g/mol. The number of benzene rings is 2. The summed E-state index contributed by atoms with van der Waals surface area (Å²) in [5, 5.41) is 5.97. The van der Waals surface area contributed by atoms with Gasteiger partial charge in [-0.1, -0.05) is 17.7 Å². The highest BCUT2D eigenvalue weighted by Crippen LogP contribution is 2.20. The van der Waals surface area contributed by atoms with Gasteiger partial charge >= 0.3 is 12.0 Å². The Morgan fingerprint density at radius 1 is 1.09 bits per heavy atom. The topological polar surface area (TPSA) is 67.4 Å². The van der Waals surface area contributed by atoms with Crippen molar-refractivity contribution in [2.24, 2.45) is 0 Å². The van der Waals surface area contributed by atoms with Crippen LogP contribution in [0.15, 0.2) is 42.5 Å². The Morgan fingerprint density at radius 3 is 2.43 bits per heavy atom. The summed E-state index contributed by atoms with van der Waals surface area (Å²) in [7, 11) is 0. The normalized spacial score (nSPS) is 10.0. The number of amides is 2. The van der Waals surface area contributed by atoms with Crippen LogP contribution in [0.4, 0.5) is 16.2 Å². The third-order valence-electron chi connectivity index (χ3n) is 3.10. The number of carbonyl (C=O) groups is 2. The van der Waals surface area contributed by atoms with Crippen molar-refractivity contribution in [3.05, 3.63) is 58.6 Å². The number of aryl methyl sites for hydroxylation is 1. The number of ether oxygens (including phenoxy) is 1. The second kappa shape index (κ2) is 7.65. The van der Waals surface area contributed by atoms with Gasteiger partial charge in [-0.05, 0) is 55.8 Å². The molecule has 0 radical (unpaired) electrons. The van der Waals surface area contributed by atoms with Crippen molar-refractivity contribution >= 4 is 35.0 Å².